The van der Waals surface area contributed by atoms with Gasteiger partial charge in [0.2, 0.25) is 11.8 Å². The summed E-state index contributed by atoms with van der Waals surface area (Å²) in [5.74, 6) is -1.09. The van der Waals surface area contributed by atoms with Crippen LogP contribution in [-0.4, -0.2) is 54.6 Å². The number of anilines is 1. The van der Waals surface area contributed by atoms with E-state index in [1.54, 1.807) is 18.2 Å². The van der Waals surface area contributed by atoms with Crippen molar-refractivity contribution in [3.8, 4) is 0 Å². The summed E-state index contributed by atoms with van der Waals surface area (Å²) in [6, 6.07) is 5.87. The van der Waals surface area contributed by atoms with Gasteiger partial charge in [-0.05, 0) is 25.5 Å². The van der Waals surface area contributed by atoms with Crippen LogP contribution in [0, 0.1) is 5.82 Å². The van der Waals surface area contributed by atoms with Gasteiger partial charge in [-0.15, -0.1) is 0 Å². The summed E-state index contributed by atoms with van der Waals surface area (Å²) in [6.45, 7) is 3.14. The van der Waals surface area contributed by atoms with E-state index in [1.165, 1.54) is 11.0 Å². The van der Waals surface area contributed by atoms with Crippen LogP contribution in [-0.2, 0) is 14.3 Å². The van der Waals surface area contributed by atoms with Gasteiger partial charge < -0.3 is 15.4 Å². The molecular formula is C16H20FN3O3. The minimum Gasteiger partial charge on any atom is -0.367 e. The third kappa shape index (κ3) is 3.07. The van der Waals surface area contributed by atoms with Crippen molar-refractivity contribution in [2.45, 2.75) is 31.6 Å². The van der Waals surface area contributed by atoms with Crippen LogP contribution in [0.1, 0.15) is 13.3 Å². The van der Waals surface area contributed by atoms with E-state index in [0.29, 0.717) is 31.7 Å². The Balaban J connectivity index is 1.76. The van der Waals surface area contributed by atoms with Gasteiger partial charge in [0.1, 0.15) is 11.9 Å². The molecule has 2 amide bonds. The summed E-state index contributed by atoms with van der Waals surface area (Å²) >= 11 is 0. The van der Waals surface area contributed by atoms with Crippen LogP contribution in [0.3, 0.4) is 0 Å². The summed E-state index contributed by atoms with van der Waals surface area (Å²) in [5, 5.41) is 0. The van der Waals surface area contributed by atoms with Crippen molar-refractivity contribution in [3.05, 3.63) is 30.1 Å². The van der Waals surface area contributed by atoms with Crippen molar-refractivity contribution < 1.29 is 18.7 Å². The first-order chi connectivity index (χ1) is 11.0. The van der Waals surface area contributed by atoms with Gasteiger partial charge in [-0.2, -0.15) is 0 Å². The fourth-order valence-electron chi connectivity index (χ4n) is 3.31. The Labute approximate surface area is 134 Å². The van der Waals surface area contributed by atoms with E-state index in [4.69, 9.17) is 10.5 Å². The number of morpholine rings is 1. The maximum absolute atomic E-state index is 13.9. The summed E-state index contributed by atoms with van der Waals surface area (Å²) in [6.07, 6.45) is -0.309. The summed E-state index contributed by atoms with van der Waals surface area (Å²) < 4.78 is 19.4. The maximum atomic E-state index is 13.9. The van der Waals surface area contributed by atoms with Crippen LogP contribution >= 0.6 is 0 Å². The maximum Gasteiger partial charge on any atom is 0.247 e. The van der Waals surface area contributed by atoms with E-state index in [0.717, 1.165) is 0 Å². The quantitative estimate of drug-likeness (QED) is 0.880. The van der Waals surface area contributed by atoms with E-state index < -0.39 is 17.8 Å². The molecule has 0 aliphatic carbocycles. The first kappa shape index (κ1) is 15.9. The molecule has 1 aromatic carbocycles. The predicted molar refractivity (Wildman–Crippen MR) is 82.3 cm³/mol. The van der Waals surface area contributed by atoms with Crippen LogP contribution in [0.2, 0.25) is 0 Å². The average molecular weight is 321 g/mol. The fraction of sp³-hybridized carbons (Fsp3) is 0.500. The van der Waals surface area contributed by atoms with Gasteiger partial charge in [-0.1, -0.05) is 12.1 Å². The third-order valence-electron chi connectivity index (χ3n) is 4.37. The Kier molecular flexibility index (Phi) is 4.32. The van der Waals surface area contributed by atoms with Gasteiger partial charge in [0.15, 0.2) is 0 Å². The molecule has 3 atom stereocenters. The van der Waals surface area contributed by atoms with Crippen molar-refractivity contribution in [1.82, 2.24) is 4.90 Å². The lowest BCUT2D eigenvalue weighted by Gasteiger charge is -2.38. The highest BCUT2D eigenvalue weighted by Crippen LogP contribution is 2.28. The zero-order valence-corrected chi connectivity index (χ0v) is 12.9. The molecule has 0 radical (unpaired) electrons. The van der Waals surface area contributed by atoms with E-state index in [2.05, 4.69) is 0 Å². The molecule has 3 rings (SSSR count). The zero-order valence-electron chi connectivity index (χ0n) is 12.9. The van der Waals surface area contributed by atoms with Crippen LogP contribution in [0.5, 0.6) is 0 Å². The molecule has 0 bridgehead atoms. The summed E-state index contributed by atoms with van der Waals surface area (Å²) in [4.78, 5) is 27.5. The second-order valence-corrected chi connectivity index (χ2v) is 6.04. The number of amides is 2. The van der Waals surface area contributed by atoms with E-state index >= 15 is 0 Å². The van der Waals surface area contributed by atoms with E-state index in [1.807, 2.05) is 11.8 Å². The number of nitrogens with two attached hydrogens (primary N) is 1. The van der Waals surface area contributed by atoms with Gasteiger partial charge in [-0.25, -0.2) is 4.39 Å². The Morgan fingerprint density at radius 2 is 2.09 bits per heavy atom. The zero-order chi connectivity index (χ0) is 16.6. The van der Waals surface area contributed by atoms with Crippen molar-refractivity contribution in [3.63, 3.8) is 0 Å². The van der Waals surface area contributed by atoms with Gasteiger partial charge in [0.05, 0.1) is 17.8 Å². The lowest BCUT2D eigenvalue weighted by molar-refractivity contribution is -0.147. The Hall–Kier alpha value is -1.99. The number of hydrogen-bond acceptors (Lipinski definition) is 4. The topological polar surface area (TPSA) is 75.9 Å². The van der Waals surface area contributed by atoms with E-state index in [-0.39, 0.29) is 18.1 Å². The molecule has 2 fully saturated rings. The minimum atomic E-state index is -0.714. The van der Waals surface area contributed by atoms with E-state index in [9.17, 15) is 14.0 Å². The number of ether oxygens (including phenoxy) is 1. The molecule has 1 aromatic rings. The number of rotatable bonds is 3. The number of halogens is 1. The minimum absolute atomic E-state index is 0.146. The van der Waals surface area contributed by atoms with Crippen molar-refractivity contribution in [2.75, 3.05) is 24.5 Å². The SMILES string of the molecule is C[C@@H]1CN(C2CCN(c3ccccc3F)C2=O)CC(C(N)=O)O1. The standard InChI is InChI=1S/C16H20FN3O3/c1-10-8-19(9-14(23-10)15(18)21)13-6-7-20(16(13)22)12-5-3-2-4-11(12)17/h2-5,10,13-14H,6-9H2,1H3,(H2,18,21)/t10-,13?,14?/m1/s1. The fourth-order valence-corrected chi connectivity index (χ4v) is 3.31. The molecular weight excluding hydrogens is 301 g/mol. The second-order valence-electron chi connectivity index (χ2n) is 6.04. The molecule has 124 valence electrons. The summed E-state index contributed by atoms with van der Waals surface area (Å²) in [7, 11) is 0. The normalized spacial score (nSPS) is 29.0. The number of para-hydroxylation sites is 1. The van der Waals surface area contributed by atoms with Crippen molar-refractivity contribution in [2.24, 2.45) is 5.73 Å². The molecule has 2 aliphatic heterocycles. The highest BCUT2D eigenvalue weighted by molar-refractivity contribution is 5.99. The molecule has 2 saturated heterocycles. The molecule has 0 aromatic heterocycles. The smallest absolute Gasteiger partial charge is 0.247 e. The first-order valence-corrected chi connectivity index (χ1v) is 7.72. The monoisotopic (exact) mass is 321 g/mol. The molecule has 7 heteroatoms. The predicted octanol–water partition coefficient (Wildman–Crippen LogP) is 0.506. The van der Waals surface area contributed by atoms with Crippen LogP contribution in [0.25, 0.3) is 0 Å². The number of benzene rings is 1. The van der Waals surface area contributed by atoms with Gasteiger partial charge in [0, 0.05) is 19.6 Å². The number of nitrogens with zero attached hydrogens (tertiary/aromatic N) is 2. The Morgan fingerprint density at radius 3 is 2.78 bits per heavy atom. The molecule has 23 heavy (non-hydrogen) atoms. The molecule has 2 aliphatic rings. The van der Waals surface area contributed by atoms with Crippen molar-refractivity contribution >= 4 is 17.5 Å². The number of carbonyl (C=O) groups excluding carboxylic acids is 2. The molecule has 2 unspecified atom stereocenters. The lowest BCUT2D eigenvalue weighted by Crippen LogP contribution is -2.56. The highest BCUT2D eigenvalue weighted by Gasteiger charge is 2.41. The number of hydrogen-bond donors (Lipinski definition) is 1. The number of carbonyl (C=O) groups is 2. The molecule has 6 nitrogen and oxygen atoms in total. The van der Waals surface area contributed by atoms with Gasteiger partial charge >= 0.3 is 0 Å². The lowest BCUT2D eigenvalue weighted by atomic mass is 10.1. The molecule has 2 N–H and O–H groups in total. The van der Waals surface area contributed by atoms with Crippen molar-refractivity contribution in [1.29, 1.82) is 0 Å². The average Bonchev–Trinajstić information content (AvgIpc) is 2.88. The van der Waals surface area contributed by atoms with Crippen LogP contribution in [0.4, 0.5) is 10.1 Å². The molecule has 0 spiro atoms. The number of primary amides is 1. The molecule has 2 heterocycles. The van der Waals surface area contributed by atoms with Gasteiger partial charge in [-0.3, -0.25) is 14.5 Å². The van der Waals surface area contributed by atoms with Crippen LogP contribution in [0.15, 0.2) is 24.3 Å². The Morgan fingerprint density at radius 1 is 1.35 bits per heavy atom. The second kappa shape index (κ2) is 6.25. The summed E-state index contributed by atoms with van der Waals surface area (Å²) in [5.41, 5.74) is 5.63. The van der Waals surface area contributed by atoms with Crippen LogP contribution < -0.4 is 10.6 Å². The highest BCUT2D eigenvalue weighted by atomic mass is 19.1. The largest absolute Gasteiger partial charge is 0.367 e. The first-order valence-electron chi connectivity index (χ1n) is 7.72. The Bertz CT molecular complexity index is 624. The molecule has 0 saturated carbocycles. The van der Waals surface area contributed by atoms with Gasteiger partial charge in [0.25, 0.3) is 0 Å². The third-order valence-corrected chi connectivity index (χ3v) is 4.37.